The van der Waals surface area contributed by atoms with E-state index in [4.69, 9.17) is 4.74 Å². The van der Waals surface area contributed by atoms with Gasteiger partial charge in [0.15, 0.2) is 0 Å². The number of ether oxygens (including phenoxy) is 1. The Morgan fingerprint density at radius 3 is 2.62 bits per heavy atom. The first-order valence-corrected chi connectivity index (χ1v) is 10.4. The largest absolute Gasteiger partial charge is 0.443 e. The lowest BCUT2D eigenvalue weighted by atomic mass is 10.0. The zero-order valence-corrected chi connectivity index (χ0v) is 17.7. The summed E-state index contributed by atoms with van der Waals surface area (Å²) in [5, 5.41) is 5.05. The monoisotopic (exact) mass is 473 g/mol. The van der Waals surface area contributed by atoms with Crippen LogP contribution in [-0.4, -0.2) is 17.0 Å². The molecular weight excluding hydrogens is 454 g/mol. The number of rotatable bonds is 6. The van der Waals surface area contributed by atoms with Crippen LogP contribution in [0.3, 0.4) is 0 Å². The van der Waals surface area contributed by atoms with E-state index in [9.17, 15) is 27.2 Å². The Balaban J connectivity index is 1.48. The van der Waals surface area contributed by atoms with E-state index < -0.39 is 41.7 Å². The van der Waals surface area contributed by atoms with Crippen molar-refractivity contribution in [1.29, 1.82) is 0 Å². The Bertz CT molecular complexity index is 1220. The molecule has 2 N–H and O–H groups in total. The van der Waals surface area contributed by atoms with Crippen LogP contribution in [0.1, 0.15) is 51.6 Å². The van der Waals surface area contributed by atoms with Crippen molar-refractivity contribution >= 4 is 17.7 Å². The Labute approximate surface area is 192 Å². The van der Waals surface area contributed by atoms with Crippen molar-refractivity contribution in [1.82, 2.24) is 10.3 Å². The normalized spacial score (nSPS) is 14.6. The van der Waals surface area contributed by atoms with E-state index in [0.717, 1.165) is 24.3 Å². The SMILES string of the molecule is O=C(N[C@H]1CCc2c(C(=O)Nc3ccc(F)c(C(F)F)c3)ccc(F)c21)OCc1ccccn1. The molecule has 0 radical (unpaired) electrons. The number of pyridine rings is 1. The predicted molar refractivity (Wildman–Crippen MR) is 114 cm³/mol. The number of hydrogen-bond acceptors (Lipinski definition) is 4. The zero-order chi connectivity index (χ0) is 24.2. The van der Waals surface area contributed by atoms with Crippen molar-refractivity contribution in [2.24, 2.45) is 0 Å². The van der Waals surface area contributed by atoms with Gasteiger partial charge in [0.25, 0.3) is 12.3 Å². The van der Waals surface area contributed by atoms with E-state index in [1.807, 2.05) is 0 Å². The van der Waals surface area contributed by atoms with Gasteiger partial charge in [-0.3, -0.25) is 9.78 Å². The van der Waals surface area contributed by atoms with Gasteiger partial charge in [0.1, 0.15) is 18.2 Å². The van der Waals surface area contributed by atoms with Gasteiger partial charge in [0, 0.05) is 23.0 Å². The van der Waals surface area contributed by atoms with Crippen molar-refractivity contribution < 1.29 is 31.9 Å². The van der Waals surface area contributed by atoms with Crippen molar-refractivity contribution in [2.75, 3.05) is 5.32 Å². The summed E-state index contributed by atoms with van der Waals surface area (Å²) in [5.41, 5.74) is 0.371. The van der Waals surface area contributed by atoms with Crippen LogP contribution in [0.4, 0.5) is 28.0 Å². The molecule has 4 rings (SSSR count). The van der Waals surface area contributed by atoms with Gasteiger partial charge in [0.05, 0.1) is 17.3 Å². The number of alkyl carbamates (subject to hydrolysis) is 1. The summed E-state index contributed by atoms with van der Waals surface area (Å²) in [5.74, 6) is -2.35. The first-order chi connectivity index (χ1) is 16.3. The molecule has 0 aliphatic heterocycles. The van der Waals surface area contributed by atoms with Crippen molar-refractivity contribution in [3.05, 3.63) is 94.3 Å². The molecule has 6 nitrogen and oxygen atoms in total. The van der Waals surface area contributed by atoms with Crippen LogP contribution in [0, 0.1) is 11.6 Å². The van der Waals surface area contributed by atoms with Crippen LogP contribution in [-0.2, 0) is 17.8 Å². The van der Waals surface area contributed by atoms with Gasteiger partial charge < -0.3 is 15.4 Å². The second-order valence-corrected chi connectivity index (χ2v) is 7.61. The van der Waals surface area contributed by atoms with Crippen molar-refractivity contribution in [3.8, 4) is 0 Å². The van der Waals surface area contributed by atoms with Gasteiger partial charge >= 0.3 is 6.09 Å². The lowest BCUT2D eigenvalue weighted by Crippen LogP contribution is -2.28. The highest BCUT2D eigenvalue weighted by atomic mass is 19.3. The van der Waals surface area contributed by atoms with E-state index in [0.29, 0.717) is 24.1 Å². The summed E-state index contributed by atoms with van der Waals surface area (Å²) < 4.78 is 59.2. The summed E-state index contributed by atoms with van der Waals surface area (Å²) >= 11 is 0. The third-order valence-corrected chi connectivity index (χ3v) is 5.44. The standard InChI is InChI=1S/C24H19F4N3O3/c25-18-7-4-13(11-17(18)22(27)28)30-23(32)16-5-8-19(26)21-15(16)6-9-20(21)31-24(33)34-12-14-3-1-2-10-29-14/h1-5,7-8,10-11,20,22H,6,9,12H2,(H,30,32)(H,31,33)/t20-/m0/s1. The third kappa shape index (κ3) is 5.00. The Kier molecular flexibility index (Phi) is 6.76. The lowest BCUT2D eigenvalue weighted by Gasteiger charge is -2.16. The molecule has 0 spiro atoms. The minimum absolute atomic E-state index is 0.0226. The van der Waals surface area contributed by atoms with Crippen LogP contribution < -0.4 is 10.6 Å². The number of alkyl halides is 2. The number of hydrogen-bond donors (Lipinski definition) is 2. The first-order valence-electron chi connectivity index (χ1n) is 10.4. The predicted octanol–water partition coefficient (Wildman–Crippen LogP) is 5.46. The summed E-state index contributed by atoms with van der Waals surface area (Å²) in [6.07, 6.45) is -1.61. The highest BCUT2D eigenvalue weighted by Gasteiger charge is 2.31. The molecule has 0 fully saturated rings. The van der Waals surface area contributed by atoms with Gasteiger partial charge in [-0.1, -0.05) is 6.07 Å². The molecule has 0 saturated heterocycles. The highest BCUT2D eigenvalue weighted by molar-refractivity contribution is 6.05. The maximum Gasteiger partial charge on any atom is 0.408 e. The maximum absolute atomic E-state index is 14.6. The molecule has 0 saturated carbocycles. The summed E-state index contributed by atoms with van der Waals surface area (Å²) in [6.45, 7) is -0.0601. The molecule has 0 bridgehead atoms. The Morgan fingerprint density at radius 1 is 1.09 bits per heavy atom. The molecule has 2 aromatic carbocycles. The highest BCUT2D eigenvalue weighted by Crippen LogP contribution is 2.36. The number of halogens is 4. The van der Waals surface area contributed by atoms with Gasteiger partial charge in [-0.15, -0.1) is 0 Å². The van der Waals surface area contributed by atoms with Gasteiger partial charge in [-0.25, -0.2) is 22.4 Å². The second kappa shape index (κ2) is 9.90. The molecule has 3 aromatic rings. The first kappa shape index (κ1) is 23.2. The molecule has 10 heteroatoms. The second-order valence-electron chi connectivity index (χ2n) is 7.61. The van der Waals surface area contributed by atoms with Crippen LogP contribution in [0.2, 0.25) is 0 Å². The average Bonchev–Trinajstić information content (AvgIpc) is 3.24. The fourth-order valence-electron chi connectivity index (χ4n) is 3.87. The van der Waals surface area contributed by atoms with E-state index in [2.05, 4.69) is 15.6 Å². The topological polar surface area (TPSA) is 80.3 Å². The summed E-state index contributed by atoms with van der Waals surface area (Å²) in [4.78, 5) is 29.1. The average molecular weight is 473 g/mol. The number of anilines is 1. The molecule has 1 atom stereocenters. The number of carbonyl (C=O) groups excluding carboxylic acids is 2. The Hall–Kier alpha value is -3.95. The minimum atomic E-state index is -3.05. The number of fused-ring (bicyclic) bond motifs is 1. The molecule has 1 aromatic heterocycles. The smallest absolute Gasteiger partial charge is 0.408 e. The molecule has 1 aliphatic carbocycles. The van der Waals surface area contributed by atoms with Crippen LogP contribution >= 0.6 is 0 Å². The molecule has 2 amide bonds. The van der Waals surface area contributed by atoms with E-state index in [1.165, 1.54) is 6.07 Å². The molecule has 176 valence electrons. The quantitative estimate of drug-likeness (QED) is 0.466. The van der Waals surface area contributed by atoms with Gasteiger partial charge in [0.2, 0.25) is 0 Å². The van der Waals surface area contributed by atoms with Gasteiger partial charge in [-0.2, -0.15) is 0 Å². The van der Waals surface area contributed by atoms with E-state index in [1.54, 1.807) is 24.4 Å². The van der Waals surface area contributed by atoms with E-state index >= 15 is 0 Å². The molecule has 1 aliphatic rings. The molecular formula is C24H19F4N3O3. The third-order valence-electron chi connectivity index (χ3n) is 5.44. The minimum Gasteiger partial charge on any atom is -0.443 e. The van der Waals surface area contributed by atoms with E-state index in [-0.39, 0.29) is 23.4 Å². The lowest BCUT2D eigenvalue weighted by molar-refractivity contribution is 0.102. The maximum atomic E-state index is 14.6. The van der Waals surface area contributed by atoms with Crippen LogP contribution in [0.5, 0.6) is 0 Å². The summed E-state index contributed by atoms with van der Waals surface area (Å²) in [6, 6.07) is 9.67. The van der Waals surface area contributed by atoms with Crippen LogP contribution in [0.15, 0.2) is 54.7 Å². The molecule has 0 unspecified atom stereocenters. The number of carbonyl (C=O) groups is 2. The zero-order valence-electron chi connectivity index (χ0n) is 17.7. The number of aromatic nitrogens is 1. The van der Waals surface area contributed by atoms with Gasteiger partial charge in [-0.05, 0) is 60.9 Å². The number of amides is 2. The van der Waals surface area contributed by atoms with Crippen molar-refractivity contribution in [2.45, 2.75) is 31.9 Å². The number of nitrogens with zero attached hydrogens (tertiary/aromatic N) is 1. The Morgan fingerprint density at radius 2 is 1.88 bits per heavy atom. The summed E-state index contributed by atoms with van der Waals surface area (Å²) in [7, 11) is 0. The van der Waals surface area contributed by atoms with Crippen LogP contribution in [0.25, 0.3) is 0 Å². The molecule has 1 heterocycles. The number of benzene rings is 2. The number of nitrogens with one attached hydrogen (secondary N) is 2. The van der Waals surface area contributed by atoms with Crippen molar-refractivity contribution in [3.63, 3.8) is 0 Å². The fraction of sp³-hybridized carbons (Fsp3) is 0.208. The molecule has 34 heavy (non-hydrogen) atoms. The fourth-order valence-corrected chi connectivity index (χ4v) is 3.87.